The molecule has 0 fully saturated rings. The van der Waals surface area contributed by atoms with Crippen LogP contribution in [0.1, 0.15) is 20.3 Å². The third-order valence-electron chi connectivity index (χ3n) is 2.26. The van der Waals surface area contributed by atoms with E-state index in [1.807, 2.05) is 11.8 Å². The number of hydrogen-bond acceptors (Lipinski definition) is 5. The third-order valence-corrected chi connectivity index (χ3v) is 2.87. The normalized spacial score (nSPS) is 11.5. The molecule has 0 saturated heterocycles. The minimum Gasteiger partial charge on any atom is -0.379 e. The van der Waals surface area contributed by atoms with Crippen LogP contribution < -0.4 is 11.2 Å². The Morgan fingerprint density at radius 1 is 1.47 bits per heavy atom. The van der Waals surface area contributed by atoms with E-state index in [-0.39, 0.29) is 17.9 Å². The zero-order chi connectivity index (χ0) is 13.1. The Balaban J connectivity index is 3.46. The monoisotopic (exact) mass is 264 g/mol. The van der Waals surface area contributed by atoms with Crippen LogP contribution in [0.4, 0.5) is 0 Å². The Morgan fingerprint density at radius 3 is 2.76 bits per heavy atom. The number of ether oxygens (including phenoxy) is 1. The van der Waals surface area contributed by atoms with Crippen molar-refractivity contribution in [3.63, 3.8) is 0 Å². The van der Waals surface area contributed by atoms with Crippen LogP contribution in [-0.4, -0.2) is 44.3 Å². The van der Waals surface area contributed by atoms with Crippen LogP contribution in [0.15, 0.2) is 0 Å². The van der Waals surface area contributed by atoms with E-state index in [2.05, 4.69) is 30.3 Å². The Kier molecular flexibility index (Phi) is 9.53. The smallest absolute Gasteiger partial charge is 0.248 e. The zero-order valence-corrected chi connectivity index (χ0v) is 11.8. The van der Waals surface area contributed by atoms with Gasteiger partial charge in [-0.05, 0) is 23.8 Å². The number of carbonyl (C=O) groups excluding carboxylic acids is 1. The van der Waals surface area contributed by atoms with E-state index in [1.165, 1.54) is 0 Å². The summed E-state index contributed by atoms with van der Waals surface area (Å²) in [4.78, 5) is 15.2. The molecular formula is C11H24N2O3S. The van der Waals surface area contributed by atoms with Gasteiger partial charge in [-0.1, -0.05) is 13.8 Å². The Morgan fingerprint density at radius 2 is 2.18 bits per heavy atom. The maximum atomic E-state index is 11.0. The van der Waals surface area contributed by atoms with E-state index in [9.17, 15) is 4.79 Å². The van der Waals surface area contributed by atoms with Crippen molar-refractivity contribution in [3.05, 3.63) is 0 Å². The molecule has 17 heavy (non-hydrogen) atoms. The standard InChI is InChI=1S/C11H24N2O3S/c1-11(2,4-7-17-3)9-15-6-5-13-10(14)8-16-12/h4-9,12H2,1-3H3,(H,13,14). The molecule has 0 bridgehead atoms. The van der Waals surface area contributed by atoms with E-state index >= 15 is 0 Å². The third kappa shape index (κ3) is 10.6. The first-order chi connectivity index (χ1) is 8.02. The molecule has 0 saturated carbocycles. The summed E-state index contributed by atoms with van der Waals surface area (Å²) >= 11 is 1.84. The summed E-state index contributed by atoms with van der Waals surface area (Å²) in [5.74, 6) is 5.68. The van der Waals surface area contributed by atoms with E-state index in [0.29, 0.717) is 19.8 Å². The molecule has 102 valence electrons. The summed E-state index contributed by atoms with van der Waals surface area (Å²) in [7, 11) is 0. The van der Waals surface area contributed by atoms with Gasteiger partial charge in [0.1, 0.15) is 6.61 Å². The summed E-state index contributed by atoms with van der Waals surface area (Å²) in [5.41, 5.74) is 0.188. The largest absolute Gasteiger partial charge is 0.379 e. The van der Waals surface area contributed by atoms with E-state index in [1.54, 1.807) is 0 Å². The number of nitrogens with one attached hydrogen (secondary N) is 1. The van der Waals surface area contributed by atoms with Crippen LogP contribution in [-0.2, 0) is 14.4 Å². The number of rotatable bonds is 10. The number of amides is 1. The first-order valence-corrected chi connectivity index (χ1v) is 7.06. The summed E-state index contributed by atoms with van der Waals surface area (Å²) in [6.45, 7) is 5.96. The summed E-state index contributed by atoms with van der Waals surface area (Å²) in [5, 5.41) is 2.64. The highest BCUT2D eigenvalue weighted by Crippen LogP contribution is 2.22. The lowest BCUT2D eigenvalue weighted by Gasteiger charge is -2.23. The maximum Gasteiger partial charge on any atom is 0.248 e. The quantitative estimate of drug-likeness (QED) is 0.451. The van der Waals surface area contributed by atoms with Crippen LogP contribution in [0.2, 0.25) is 0 Å². The van der Waals surface area contributed by atoms with Crippen LogP contribution in [0.5, 0.6) is 0 Å². The molecule has 0 aromatic heterocycles. The molecule has 6 heteroatoms. The van der Waals surface area contributed by atoms with Crippen molar-refractivity contribution in [2.45, 2.75) is 20.3 Å². The molecule has 1 amide bonds. The first kappa shape index (κ1) is 16.7. The average Bonchev–Trinajstić information content (AvgIpc) is 2.26. The van der Waals surface area contributed by atoms with Crippen molar-refractivity contribution in [2.24, 2.45) is 11.3 Å². The van der Waals surface area contributed by atoms with Gasteiger partial charge in [-0.2, -0.15) is 11.8 Å². The predicted octanol–water partition coefficient (Wildman–Crippen LogP) is 0.789. The Hall–Kier alpha value is -0.300. The van der Waals surface area contributed by atoms with E-state index in [0.717, 1.165) is 12.2 Å². The van der Waals surface area contributed by atoms with Crippen molar-refractivity contribution in [1.29, 1.82) is 0 Å². The fourth-order valence-electron chi connectivity index (χ4n) is 1.19. The summed E-state index contributed by atoms with van der Waals surface area (Å²) in [6, 6.07) is 0. The van der Waals surface area contributed by atoms with E-state index < -0.39 is 0 Å². The molecule has 0 aliphatic heterocycles. The molecule has 0 aromatic rings. The molecule has 0 aromatic carbocycles. The molecular weight excluding hydrogens is 240 g/mol. The van der Waals surface area contributed by atoms with Gasteiger partial charge in [0, 0.05) is 6.54 Å². The van der Waals surface area contributed by atoms with Crippen molar-refractivity contribution >= 4 is 17.7 Å². The number of nitrogens with two attached hydrogens (primary N) is 1. The highest BCUT2D eigenvalue weighted by molar-refractivity contribution is 7.98. The molecule has 0 heterocycles. The lowest BCUT2D eigenvalue weighted by atomic mass is 9.91. The Labute approximate surface area is 108 Å². The second-order valence-electron chi connectivity index (χ2n) is 4.62. The average molecular weight is 264 g/mol. The number of hydrogen-bond donors (Lipinski definition) is 2. The van der Waals surface area contributed by atoms with Gasteiger partial charge in [-0.15, -0.1) is 0 Å². The topological polar surface area (TPSA) is 73.6 Å². The highest BCUT2D eigenvalue weighted by Gasteiger charge is 2.17. The SMILES string of the molecule is CSCCC(C)(C)COCCNC(=O)CON. The summed E-state index contributed by atoms with van der Waals surface area (Å²) < 4.78 is 5.53. The van der Waals surface area contributed by atoms with E-state index in [4.69, 9.17) is 10.6 Å². The maximum absolute atomic E-state index is 11.0. The lowest BCUT2D eigenvalue weighted by molar-refractivity contribution is -0.126. The molecule has 0 rings (SSSR count). The minimum absolute atomic E-state index is 0.112. The molecule has 3 N–H and O–H groups in total. The lowest BCUT2D eigenvalue weighted by Crippen LogP contribution is -2.32. The van der Waals surface area contributed by atoms with Crippen molar-refractivity contribution in [1.82, 2.24) is 5.32 Å². The van der Waals surface area contributed by atoms with Gasteiger partial charge in [0.2, 0.25) is 5.91 Å². The van der Waals surface area contributed by atoms with Gasteiger partial charge in [0.05, 0.1) is 13.2 Å². The van der Waals surface area contributed by atoms with Gasteiger partial charge in [0.15, 0.2) is 0 Å². The van der Waals surface area contributed by atoms with Gasteiger partial charge >= 0.3 is 0 Å². The zero-order valence-electron chi connectivity index (χ0n) is 11.0. The highest BCUT2D eigenvalue weighted by atomic mass is 32.2. The summed E-state index contributed by atoms with van der Waals surface area (Å²) in [6.07, 6.45) is 3.23. The fourth-order valence-corrected chi connectivity index (χ4v) is 1.95. The van der Waals surface area contributed by atoms with Crippen LogP contribution >= 0.6 is 11.8 Å². The molecule has 0 spiro atoms. The number of thioether (sulfide) groups is 1. The first-order valence-electron chi connectivity index (χ1n) is 5.67. The van der Waals surface area contributed by atoms with Crippen LogP contribution in [0.25, 0.3) is 0 Å². The molecule has 0 unspecified atom stereocenters. The molecule has 0 aliphatic carbocycles. The van der Waals surface area contributed by atoms with Crippen molar-refractivity contribution in [3.8, 4) is 0 Å². The van der Waals surface area contributed by atoms with Crippen molar-refractivity contribution < 1.29 is 14.4 Å². The molecule has 0 radical (unpaired) electrons. The molecule has 5 nitrogen and oxygen atoms in total. The minimum atomic E-state index is -0.224. The Bertz CT molecular complexity index is 213. The second kappa shape index (κ2) is 9.70. The second-order valence-corrected chi connectivity index (χ2v) is 5.61. The fraction of sp³-hybridized carbons (Fsp3) is 0.909. The van der Waals surface area contributed by atoms with Crippen LogP contribution in [0.3, 0.4) is 0 Å². The van der Waals surface area contributed by atoms with Crippen LogP contribution in [0, 0.1) is 5.41 Å². The van der Waals surface area contributed by atoms with Gasteiger partial charge in [-0.25, -0.2) is 5.90 Å². The number of carbonyl (C=O) groups is 1. The van der Waals surface area contributed by atoms with Gasteiger partial charge in [-0.3, -0.25) is 9.63 Å². The predicted molar refractivity (Wildman–Crippen MR) is 70.7 cm³/mol. The van der Waals surface area contributed by atoms with Gasteiger partial charge in [0.25, 0.3) is 0 Å². The van der Waals surface area contributed by atoms with Crippen molar-refractivity contribution in [2.75, 3.05) is 38.4 Å². The molecule has 0 atom stereocenters. The molecule has 0 aliphatic rings. The van der Waals surface area contributed by atoms with Gasteiger partial charge < -0.3 is 10.1 Å².